The van der Waals surface area contributed by atoms with Gasteiger partial charge in [0.05, 0.1) is 6.61 Å². The van der Waals surface area contributed by atoms with E-state index in [4.69, 9.17) is 9.47 Å². The van der Waals surface area contributed by atoms with Crippen LogP contribution in [0.2, 0.25) is 0 Å². The number of hydrogen-bond acceptors (Lipinski definition) is 2. The van der Waals surface area contributed by atoms with Gasteiger partial charge in [-0.05, 0) is 48.7 Å². The van der Waals surface area contributed by atoms with Gasteiger partial charge in [-0.3, -0.25) is 0 Å². The lowest BCUT2D eigenvalue weighted by molar-refractivity contribution is 0.137. The van der Waals surface area contributed by atoms with E-state index < -0.39 is 34.5 Å². The van der Waals surface area contributed by atoms with Crippen LogP contribution in [0.4, 0.5) is 17.6 Å². The first-order valence-electron chi connectivity index (χ1n) is 10.9. The zero-order valence-electron chi connectivity index (χ0n) is 20.0. The molecule has 0 aromatic heterocycles. The number of hydrogen-bond donors (Lipinski definition) is 0. The van der Waals surface area contributed by atoms with Crippen molar-refractivity contribution in [3.8, 4) is 0 Å². The SMILES string of the molecule is C=C(CCOCCC)/C(F)=C(/F)C(=C)C(=C)/C(F)=C(/F)C(=C)C(C)CCC(C)CCOC. The van der Waals surface area contributed by atoms with Gasteiger partial charge in [0.25, 0.3) is 0 Å². The predicted octanol–water partition coefficient (Wildman–Crippen LogP) is 8.42. The van der Waals surface area contributed by atoms with Crippen molar-refractivity contribution >= 4 is 0 Å². The average molecular weight is 459 g/mol. The Labute approximate surface area is 191 Å². The van der Waals surface area contributed by atoms with Gasteiger partial charge >= 0.3 is 0 Å². The van der Waals surface area contributed by atoms with E-state index in [1.165, 1.54) is 0 Å². The molecule has 0 heterocycles. The molecule has 0 saturated heterocycles. The van der Waals surface area contributed by atoms with Gasteiger partial charge in [0.15, 0.2) is 23.3 Å². The first-order chi connectivity index (χ1) is 15.0. The summed E-state index contributed by atoms with van der Waals surface area (Å²) in [6.07, 6.45) is 3.11. The summed E-state index contributed by atoms with van der Waals surface area (Å²) in [5.41, 5.74) is -1.57. The van der Waals surface area contributed by atoms with Crippen molar-refractivity contribution in [3.05, 3.63) is 71.9 Å². The summed E-state index contributed by atoms with van der Waals surface area (Å²) in [4.78, 5) is 0. The monoisotopic (exact) mass is 458 g/mol. The number of halogens is 4. The fourth-order valence-corrected chi connectivity index (χ4v) is 2.77. The van der Waals surface area contributed by atoms with Crippen LogP contribution in [-0.4, -0.2) is 26.9 Å². The van der Waals surface area contributed by atoms with Crippen molar-refractivity contribution in [1.29, 1.82) is 0 Å². The normalized spacial score (nSPS) is 14.9. The highest BCUT2D eigenvalue weighted by molar-refractivity contribution is 5.53. The second-order valence-corrected chi connectivity index (χ2v) is 8.07. The van der Waals surface area contributed by atoms with Crippen LogP contribution in [0.3, 0.4) is 0 Å². The zero-order chi connectivity index (χ0) is 24.8. The van der Waals surface area contributed by atoms with E-state index in [0.717, 1.165) is 19.3 Å². The molecule has 0 radical (unpaired) electrons. The third kappa shape index (κ3) is 10.1. The summed E-state index contributed by atoms with van der Waals surface area (Å²) in [5, 5.41) is 0. The largest absolute Gasteiger partial charge is 0.385 e. The molecule has 0 aliphatic rings. The van der Waals surface area contributed by atoms with Gasteiger partial charge < -0.3 is 9.47 Å². The minimum Gasteiger partial charge on any atom is -0.385 e. The van der Waals surface area contributed by atoms with E-state index in [-0.39, 0.29) is 30.1 Å². The predicted molar refractivity (Wildman–Crippen MR) is 125 cm³/mol. The highest BCUT2D eigenvalue weighted by atomic mass is 19.2. The van der Waals surface area contributed by atoms with Crippen LogP contribution in [0, 0.1) is 11.8 Å². The molecule has 0 aliphatic heterocycles. The van der Waals surface area contributed by atoms with Crippen molar-refractivity contribution in [3.63, 3.8) is 0 Å². The Morgan fingerprint density at radius 1 is 0.750 bits per heavy atom. The Bertz CT molecular complexity index is 734. The van der Waals surface area contributed by atoms with Crippen LogP contribution in [0.25, 0.3) is 0 Å². The highest BCUT2D eigenvalue weighted by Crippen LogP contribution is 2.35. The van der Waals surface area contributed by atoms with Crippen molar-refractivity contribution in [2.75, 3.05) is 26.9 Å². The molecule has 182 valence electrons. The quantitative estimate of drug-likeness (QED) is 0.124. The van der Waals surface area contributed by atoms with E-state index in [0.29, 0.717) is 25.6 Å². The summed E-state index contributed by atoms with van der Waals surface area (Å²) in [6, 6.07) is 0. The molecular formula is C26H38F4O2. The van der Waals surface area contributed by atoms with Crippen molar-refractivity contribution < 1.29 is 27.0 Å². The van der Waals surface area contributed by atoms with Crippen LogP contribution in [0.5, 0.6) is 0 Å². The van der Waals surface area contributed by atoms with E-state index in [2.05, 4.69) is 33.2 Å². The molecule has 6 heteroatoms. The lowest BCUT2D eigenvalue weighted by Crippen LogP contribution is -2.06. The summed E-state index contributed by atoms with van der Waals surface area (Å²) in [7, 11) is 1.63. The Morgan fingerprint density at radius 2 is 1.31 bits per heavy atom. The van der Waals surface area contributed by atoms with Gasteiger partial charge in [0.2, 0.25) is 0 Å². The molecule has 0 fully saturated rings. The van der Waals surface area contributed by atoms with Gasteiger partial charge in [-0.2, -0.15) is 0 Å². The molecule has 2 atom stereocenters. The maximum absolute atomic E-state index is 14.7. The number of rotatable bonds is 17. The molecule has 0 amide bonds. The second kappa shape index (κ2) is 15.8. The Morgan fingerprint density at radius 3 is 1.84 bits per heavy atom. The maximum atomic E-state index is 14.7. The number of allylic oxidation sites excluding steroid dienone is 7. The molecule has 32 heavy (non-hydrogen) atoms. The first-order valence-corrected chi connectivity index (χ1v) is 10.9. The molecule has 0 bridgehead atoms. The smallest absolute Gasteiger partial charge is 0.166 e. The van der Waals surface area contributed by atoms with Crippen molar-refractivity contribution in [1.82, 2.24) is 0 Å². The van der Waals surface area contributed by atoms with E-state index in [1.807, 2.05) is 6.92 Å². The summed E-state index contributed by atoms with van der Waals surface area (Å²) in [5.74, 6) is -5.32. The molecule has 0 N–H and O–H groups in total. The van der Waals surface area contributed by atoms with Crippen molar-refractivity contribution in [2.24, 2.45) is 11.8 Å². The molecule has 2 unspecified atom stereocenters. The van der Waals surface area contributed by atoms with Crippen LogP contribution < -0.4 is 0 Å². The van der Waals surface area contributed by atoms with Crippen LogP contribution in [0.15, 0.2) is 71.9 Å². The lowest BCUT2D eigenvalue weighted by Gasteiger charge is -2.17. The summed E-state index contributed by atoms with van der Waals surface area (Å²) in [6.45, 7) is 20.8. The maximum Gasteiger partial charge on any atom is 0.166 e. The minimum absolute atomic E-state index is 0.0577. The zero-order valence-corrected chi connectivity index (χ0v) is 20.0. The van der Waals surface area contributed by atoms with Gasteiger partial charge in [0, 0.05) is 31.5 Å². The molecule has 0 rings (SSSR count). The fraction of sp³-hybridized carbons (Fsp3) is 0.538. The van der Waals surface area contributed by atoms with E-state index >= 15 is 0 Å². The molecular weight excluding hydrogens is 420 g/mol. The van der Waals surface area contributed by atoms with Crippen LogP contribution >= 0.6 is 0 Å². The standard InChI is InChI=1S/C26H38F4O2/c1-9-14-32-16-13-19(4)23(27)25(29)21(6)22(7)26(30)24(28)20(5)18(3)11-10-17(2)12-15-31-8/h17-18H,4-7,9-16H2,1-3,8H3/b25-23-,26-24-. The van der Waals surface area contributed by atoms with Gasteiger partial charge in [0.1, 0.15) is 0 Å². The summed E-state index contributed by atoms with van der Waals surface area (Å²) >= 11 is 0. The number of ether oxygens (including phenoxy) is 2. The van der Waals surface area contributed by atoms with Gasteiger partial charge in [-0.1, -0.05) is 53.5 Å². The van der Waals surface area contributed by atoms with Crippen molar-refractivity contribution in [2.45, 2.75) is 52.9 Å². The van der Waals surface area contributed by atoms with E-state index in [1.54, 1.807) is 14.0 Å². The number of methoxy groups -OCH3 is 1. The minimum atomic E-state index is -1.43. The molecule has 0 aliphatic carbocycles. The molecule has 0 aromatic carbocycles. The van der Waals surface area contributed by atoms with Crippen LogP contribution in [-0.2, 0) is 9.47 Å². The molecule has 2 nitrogen and oxygen atoms in total. The Balaban J connectivity index is 5.17. The van der Waals surface area contributed by atoms with Crippen LogP contribution in [0.1, 0.15) is 52.9 Å². The summed E-state index contributed by atoms with van der Waals surface area (Å²) < 4.78 is 68.3. The average Bonchev–Trinajstić information content (AvgIpc) is 2.79. The third-order valence-electron chi connectivity index (χ3n) is 5.27. The first kappa shape index (κ1) is 30.1. The third-order valence-corrected chi connectivity index (χ3v) is 5.27. The van der Waals surface area contributed by atoms with Gasteiger partial charge in [-0.25, -0.2) is 17.6 Å². The van der Waals surface area contributed by atoms with E-state index in [9.17, 15) is 17.6 Å². The second-order valence-electron chi connectivity index (χ2n) is 8.07. The van der Waals surface area contributed by atoms with Gasteiger partial charge in [-0.15, -0.1) is 0 Å². The lowest BCUT2D eigenvalue weighted by atomic mass is 9.90. The molecule has 0 saturated carbocycles. The Hall–Kier alpha value is -1.92. The molecule has 0 spiro atoms. The highest BCUT2D eigenvalue weighted by Gasteiger charge is 2.23. The fourth-order valence-electron chi connectivity index (χ4n) is 2.77. The Kier molecular flexibility index (Phi) is 14.9. The molecule has 0 aromatic rings. The topological polar surface area (TPSA) is 18.5 Å².